The lowest BCUT2D eigenvalue weighted by Gasteiger charge is -2.10. The van der Waals surface area contributed by atoms with Gasteiger partial charge in [-0.2, -0.15) is 0 Å². The van der Waals surface area contributed by atoms with Crippen LogP contribution in [0.4, 0.5) is 10.5 Å². The molecule has 1 fully saturated rings. The van der Waals surface area contributed by atoms with Gasteiger partial charge in [0.25, 0.3) is 0 Å². The first-order chi connectivity index (χ1) is 11.8. The van der Waals surface area contributed by atoms with Crippen LogP contribution in [0.25, 0.3) is 10.8 Å². The number of fused-ring (bicyclic) bond motifs is 1. The predicted octanol–water partition coefficient (Wildman–Crippen LogP) is 3.13. The molecule has 0 radical (unpaired) electrons. The molecule has 2 N–H and O–H groups in total. The Morgan fingerprint density at radius 2 is 2.00 bits per heavy atom. The van der Waals surface area contributed by atoms with E-state index in [0.717, 1.165) is 22.3 Å². The van der Waals surface area contributed by atoms with Crippen LogP contribution in [0.5, 0.6) is 0 Å². The lowest BCUT2D eigenvalue weighted by Crippen LogP contribution is -2.31. The zero-order chi connectivity index (χ0) is 16.4. The molecule has 0 aliphatic heterocycles. The quantitative estimate of drug-likeness (QED) is 0.758. The largest absolute Gasteiger partial charge is 0.337 e. The zero-order valence-electron chi connectivity index (χ0n) is 13.3. The summed E-state index contributed by atoms with van der Waals surface area (Å²) in [6.45, 7) is 0.530. The fourth-order valence-corrected chi connectivity index (χ4v) is 2.89. The van der Waals surface area contributed by atoms with Gasteiger partial charge in [0.05, 0.1) is 5.69 Å². The van der Waals surface area contributed by atoms with Crippen LogP contribution in [0.3, 0.4) is 0 Å². The molecular weight excluding hydrogens is 302 g/mol. The fraction of sp³-hybridized carbons (Fsp3) is 0.278. The standard InChI is InChI=1S/C18H19N5O/c24-18(19-11-10-17-22-20-12-23(17)14-8-9-14)21-16-7-3-5-13-4-1-2-6-15(13)16/h1-7,12,14H,8-11H2,(H2,19,21,24). The Hall–Kier alpha value is -2.89. The highest BCUT2D eigenvalue weighted by atomic mass is 16.2. The van der Waals surface area contributed by atoms with E-state index < -0.39 is 0 Å². The number of aromatic nitrogens is 3. The average Bonchev–Trinajstić information content (AvgIpc) is 3.34. The summed E-state index contributed by atoms with van der Waals surface area (Å²) in [7, 11) is 0. The second-order valence-electron chi connectivity index (χ2n) is 6.04. The van der Waals surface area contributed by atoms with Gasteiger partial charge in [0.1, 0.15) is 12.2 Å². The van der Waals surface area contributed by atoms with Crippen molar-refractivity contribution in [1.29, 1.82) is 0 Å². The van der Waals surface area contributed by atoms with Crippen molar-refractivity contribution in [3.8, 4) is 0 Å². The Labute approximate surface area is 139 Å². The van der Waals surface area contributed by atoms with Gasteiger partial charge < -0.3 is 15.2 Å². The number of carbonyl (C=O) groups excluding carboxylic acids is 1. The molecule has 4 rings (SSSR count). The number of carbonyl (C=O) groups is 1. The van der Waals surface area contributed by atoms with Gasteiger partial charge in [0.15, 0.2) is 0 Å². The molecule has 0 spiro atoms. The Morgan fingerprint density at radius 3 is 2.88 bits per heavy atom. The monoisotopic (exact) mass is 321 g/mol. The predicted molar refractivity (Wildman–Crippen MR) is 93.0 cm³/mol. The number of rotatable bonds is 5. The Balaban J connectivity index is 1.35. The summed E-state index contributed by atoms with van der Waals surface area (Å²) >= 11 is 0. The number of urea groups is 1. The van der Waals surface area contributed by atoms with E-state index in [9.17, 15) is 4.79 Å². The number of benzene rings is 2. The third kappa shape index (κ3) is 3.08. The molecular formula is C18H19N5O. The molecule has 1 heterocycles. The van der Waals surface area contributed by atoms with Gasteiger partial charge in [-0.05, 0) is 24.3 Å². The summed E-state index contributed by atoms with van der Waals surface area (Å²) in [5, 5.41) is 16.1. The molecule has 0 atom stereocenters. The van der Waals surface area contributed by atoms with Crippen molar-refractivity contribution < 1.29 is 4.79 Å². The summed E-state index contributed by atoms with van der Waals surface area (Å²) in [6.07, 6.45) is 4.85. The molecule has 3 aromatic rings. The smallest absolute Gasteiger partial charge is 0.319 e. The van der Waals surface area contributed by atoms with E-state index in [-0.39, 0.29) is 6.03 Å². The minimum Gasteiger partial charge on any atom is -0.337 e. The van der Waals surface area contributed by atoms with Gasteiger partial charge in [-0.15, -0.1) is 10.2 Å². The summed E-state index contributed by atoms with van der Waals surface area (Å²) in [4.78, 5) is 12.2. The second kappa shape index (κ2) is 6.31. The lowest BCUT2D eigenvalue weighted by atomic mass is 10.1. The van der Waals surface area contributed by atoms with Crippen molar-refractivity contribution >= 4 is 22.5 Å². The SMILES string of the molecule is O=C(NCCc1nncn1C1CC1)Nc1cccc2ccccc12. The first-order valence-corrected chi connectivity index (χ1v) is 8.22. The van der Waals surface area contributed by atoms with E-state index in [0.29, 0.717) is 19.0 Å². The van der Waals surface area contributed by atoms with Crippen molar-refractivity contribution in [2.45, 2.75) is 25.3 Å². The third-order valence-electron chi connectivity index (χ3n) is 4.26. The first kappa shape index (κ1) is 14.7. The van der Waals surface area contributed by atoms with Crippen LogP contribution < -0.4 is 10.6 Å². The fourth-order valence-electron chi connectivity index (χ4n) is 2.89. The van der Waals surface area contributed by atoms with E-state index in [1.165, 1.54) is 12.8 Å². The van der Waals surface area contributed by atoms with Crippen LogP contribution in [0.15, 0.2) is 48.8 Å². The van der Waals surface area contributed by atoms with Gasteiger partial charge in [-0.3, -0.25) is 0 Å². The lowest BCUT2D eigenvalue weighted by molar-refractivity contribution is 0.252. The molecule has 1 aliphatic carbocycles. The molecule has 0 unspecified atom stereocenters. The van der Waals surface area contributed by atoms with E-state index in [4.69, 9.17) is 0 Å². The topological polar surface area (TPSA) is 71.8 Å². The van der Waals surface area contributed by atoms with Crippen molar-refractivity contribution in [3.05, 3.63) is 54.6 Å². The number of hydrogen-bond acceptors (Lipinski definition) is 3. The number of anilines is 1. The summed E-state index contributed by atoms with van der Waals surface area (Å²) < 4.78 is 2.12. The van der Waals surface area contributed by atoms with Gasteiger partial charge in [-0.25, -0.2) is 4.79 Å². The Bertz CT molecular complexity index is 863. The molecule has 6 heteroatoms. The molecule has 1 aromatic heterocycles. The number of nitrogens with zero attached hydrogens (tertiary/aromatic N) is 3. The Morgan fingerprint density at radius 1 is 1.17 bits per heavy atom. The number of hydrogen-bond donors (Lipinski definition) is 2. The molecule has 2 aromatic carbocycles. The van der Waals surface area contributed by atoms with Gasteiger partial charge in [0.2, 0.25) is 0 Å². The third-order valence-corrected chi connectivity index (χ3v) is 4.26. The second-order valence-corrected chi connectivity index (χ2v) is 6.04. The zero-order valence-corrected chi connectivity index (χ0v) is 13.3. The van der Waals surface area contributed by atoms with E-state index in [1.54, 1.807) is 6.33 Å². The maximum atomic E-state index is 12.2. The number of nitrogens with one attached hydrogen (secondary N) is 2. The molecule has 0 bridgehead atoms. The average molecular weight is 321 g/mol. The van der Waals surface area contributed by atoms with Crippen LogP contribution in [0.1, 0.15) is 24.7 Å². The summed E-state index contributed by atoms with van der Waals surface area (Å²) in [5.41, 5.74) is 0.812. The molecule has 6 nitrogen and oxygen atoms in total. The molecule has 2 amide bonds. The maximum Gasteiger partial charge on any atom is 0.319 e. The van der Waals surface area contributed by atoms with E-state index >= 15 is 0 Å². The highest BCUT2D eigenvalue weighted by Gasteiger charge is 2.25. The van der Waals surface area contributed by atoms with Gasteiger partial charge in [-0.1, -0.05) is 36.4 Å². The van der Waals surface area contributed by atoms with Crippen molar-refractivity contribution in [2.75, 3.05) is 11.9 Å². The normalized spacial score (nSPS) is 13.8. The van der Waals surface area contributed by atoms with Crippen LogP contribution >= 0.6 is 0 Å². The van der Waals surface area contributed by atoms with Gasteiger partial charge in [0, 0.05) is 24.4 Å². The van der Waals surface area contributed by atoms with Crippen molar-refractivity contribution in [3.63, 3.8) is 0 Å². The summed E-state index contributed by atoms with van der Waals surface area (Å²) in [5.74, 6) is 0.933. The highest BCUT2D eigenvalue weighted by Crippen LogP contribution is 2.35. The summed E-state index contributed by atoms with van der Waals surface area (Å²) in [6, 6.07) is 14.2. The van der Waals surface area contributed by atoms with Crippen LogP contribution in [0.2, 0.25) is 0 Å². The van der Waals surface area contributed by atoms with Crippen LogP contribution in [-0.4, -0.2) is 27.3 Å². The molecule has 1 aliphatic rings. The van der Waals surface area contributed by atoms with E-state index in [2.05, 4.69) is 25.4 Å². The van der Waals surface area contributed by atoms with Crippen molar-refractivity contribution in [2.24, 2.45) is 0 Å². The van der Waals surface area contributed by atoms with Crippen LogP contribution in [0, 0.1) is 0 Å². The van der Waals surface area contributed by atoms with Gasteiger partial charge >= 0.3 is 6.03 Å². The number of amides is 2. The maximum absolute atomic E-state index is 12.2. The molecule has 24 heavy (non-hydrogen) atoms. The molecule has 122 valence electrons. The molecule has 0 saturated heterocycles. The van der Waals surface area contributed by atoms with E-state index in [1.807, 2.05) is 42.5 Å². The van der Waals surface area contributed by atoms with Crippen molar-refractivity contribution in [1.82, 2.24) is 20.1 Å². The first-order valence-electron chi connectivity index (χ1n) is 8.22. The minimum absolute atomic E-state index is 0.205. The molecule has 1 saturated carbocycles. The van der Waals surface area contributed by atoms with Crippen LogP contribution in [-0.2, 0) is 6.42 Å². The Kier molecular flexibility index (Phi) is 3.86. The highest BCUT2D eigenvalue weighted by molar-refractivity contribution is 6.01. The minimum atomic E-state index is -0.205.